The quantitative estimate of drug-likeness (QED) is 0.448. The van der Waals surface area contributed by atoms with Gasteiger partial charge in [0, 0.05) is 61.9 Å². The number of rotatable bonds is 6. The maximum Gasteiger partial charge on any atom is 0.323 e. The molecule has 12 heteroatoms. The first-order valence-corrected chi connectivity index (χ1v) is 15.2. The summed E-state index contributed by atoms with van der Waals surface area (Å²) < 4.78 is 11.5. The zero-order valence-electron chi connectivity index (χ0n) is 24.8. The molecule has 2 bridgehead atoms. The normalized spacial score (nSPS) is 24.0. The first-order chi connectivity index (χ1) is 21.0. The van der Waals surface area contributed by atoms with Crippen molar-refractivity contribution in [1.29, 1.82) is 0 Å². The first-order valence-electron chi connectivity index (χ1n) is 15.2. The van der Waals surface area contributed by atoms with Crippen molar-refractivity contribution in [1.82, 2.24) is 19.9 Å². The van der Waals surface area contributed by atoms with Crippen LogP contribution >= 0.6 is 0 Å². The maximum absolute atomic E-state index is 12.8. The largest absolute Gasteiger partial charge is 0.377 e. The number of carbonyl (C=O) groups is 1. The Morgan fingerprint density at radius 3 is 2.14 bits per heavy atom. The number of aromatic nitrogens is 3. The second kappa shape index (κ2) is 11.9. The molecule has 4 aliphatic rings. The predicted molar refractivity (Wildman–Crippen MR) is 167 cm³/mol. The number of ether oxygens (including phenoxy) is 2. The van der Waals surface area contributed by atoms with Crippen LogP contribution in [0.3, 0.4) is 0 Å². The number of hydrogen-bond acceptors (Lipinski definition) is 10. The van der Waals surface area contributed by atoms with Gasteiger partial charge in [-0.25, -0.2) is 4.79 Å². The lowest BCUT2D eigenvalue weighted by Crippen LogP contribution is -2.45. The highest BCUT2D eigenvalue weighted by Gasteiger charge is 2.41. The molecule has 0 radical (unpaired) electrons. The average molecular weight is 586 g/mol. The van der Waals surface area contributed by atoms with Crippen molar-refractivity contribution >= 4 is 35.0 Å². The van der Waals surface area contributed by atoms with Crippen LogP contribution in [-0.4, -0.2) is 110 Å². The van der Waals surface area contributed by atoms with Gasteiger partial charge in [0.25, 0.3) is 0 Å². The van der Waals surface area contributed by atoms with E-state index < -0.39 is 0 Å². The molecule has 2 amide bonds. The van der Waals surface area contributed by atoms with Crippen LogP contribution in [0.1, 0.15) is 13.3 Å². The Morgan fingerprint density at radius 1 is 0.837 bits per heavy atom. The third-order valence-electron chi connectivity index (χ3n) is 8.79. The number of fused-ring (bicyclic) bond motifs is 2. The Balaban J connectivity index is 1.04. The number of piperazine rings is 1. The Hall–Kier alpha value is -4.00. The van der Waals surface area contributed by atoms with Gasteiger partial charge in [0.05, 0.1) is 38.0 Å². The Kier molecular flexibility index (Phi) is 7.72. The summed E-state index contributed by atoms with van der Waals surface area (Å²) in [7, 11) is 2.15. The van der Waals surface area contributed by atoms with Gasteiger partial charge in [0.2, 0.25) is 11.9 Å². The number of hydrogen-bond donors (Lipinski definition) is 2. The zero-order chi connectivity index (χ0) is 29.3. The second-order valence-corrected chi connectivity index (χ2v) is 11.9. The van der Waals surface area contributed by atoms with E-state index in [-0.39, 0.29) is 18.2 Å². The molecule has 4 fully saturated rings. The minimum Gasteiger partial charge on any atom is -0.377 e. The number of benzene rings is 2. The monoisotopic (exact) mass is 585 g/mol. The van der Waals surface area contributed by atoms with Crippen molar-refractivity contribution in [3.05, 3.63) is 48.5 Å². The van der Waals surface area contributed by atoms with Crippen LogP contribution in [-0.2, 0) is 9.47 Å². The van der Waals surface area contributed by atoms with Crippen LogP contribution in [0.5, 0.6) is 0 Å². The average Bonchev–Trinajstić information content (AvgIpc) is 3.67. The van der Waals surface area contributed by atoms with E-state index in [0.717, 1.165) is 56.9 Å². The fourth-order valence-electron chi connectivity index (χ4n) is 6.23. The molecule has 1 aromatic heterocycles. The van der Waals surface area contributed by atoms with E-state index in [2.05, 4.69) is 56.3 Å². The second-order valence-electron chi connectivity index (χ2n) is 11.9. The molecule has 2 aromatic carbocycles. The molecular formula is C31H39N9O3. The van der Waals surface area contributed by atoms with Crippen molar-refractivity contribution in [2.75, 3.05) is 91.5 Å². The summed E-state index contributed by atoms with van der Waals surface area (Å²) in [5.74, 6) is 1.97. The molecule has 3 unspecified atom stereocenters. The molecule has 226 valence electrons. The van der Waals surface area contributed by atoms with E-state index in [1.54, 1.807) is 0 Å². The lowest BCUT2D eigenvalue weighted by molar-refractivity contribution is 0.0974. The Labute approximate surface area is 252 Å². The van der Waals surface area contributed by atoms with Gasteiger partial charge in [0.1, 0.15) is 0 Å². The van der Waals surface area contributed by atoms with Crippen molar-refractivity contribution in [3.63, 3.8) is 0 Å². The standard InChI is InChI=1S/C31H39N9O3/c1-21-19-42-16-15-39(21)29-34-28(35-30(36-29)40-18-27-17-26(40)20-43-27)22-3-5-23(6-4-22)32-31(41)33-24-7-9-25(10-8-24)38-13-11-37(2)12-14-38/h3-10,21,26-27H,11-20H2,1-2H3,(H2,32,33,41). The van der Waals surface area contributed by atoms with E-state index in [0.29, 0.717) is 49.3 Å². The van der Waals surface area contributed by atoms with Crippen LogP contribution < -0.4 is 25.3 Å². The zero-order valence-corrected chi connectivity index (χ0v) is 24.8. The minimum atomic E-state index is -0.294. The molecule has 12 nitrogen and oxygen atoms in total. The molecule has 4 saturated heterocycles. The molecule has 2 N–H and O–H groups in total. The molecular weight excluding hydrogens is 546 g/mol. The maximum atomic E-state index is 12.8. The Bertz CT molecular complexity index is 1410. The van der Waals surface area contributed by atoms with Crippen molar-refractivity contribution in [3.8, 4) is 11.4 Å². The van der Waals surface area contributed by atoms with Gasteiger partial charge < -0.3 is 39.7 Å². The Morgan fingerprint density at radius 2 is 1.51 bits per heavy atom. The first kappa shape index (κ1) is 27.8. The molecule has 43 heavy (non-hydrogen) atoms. The van der Waals surface area contributed by atoms with Crippen LogP contribution in [0.2, 0.25) is 0 Å². The number of amides is 2. The third-order valence-corrected chi connectivity index (χ3v) is 8.79. The minimum absolute atomic E-state index is 0.170. The van der Waals surface area contributed by atoms with Crippen molar-refractivity contribution in [2.24, 2.45) is 0 Å². The van der Waals surface area contributed by atoms with Gasteiger partial charge in [0.15, 0.2) is 5.82 Å². The number of nitrogens with zero attached hydrogens (tertiary/aromatic N) is 7. The summed E-state index contributed by atoms with van der Waals surface area (Å²) in [6, 6.07) is 15.8. The number of urea groups is 1. The predicted octanol–water partition coefficient (Wildman–Crippen LogP) is 3.14. The molecule has 7 rings (SSSR count). The highest BCUT2D eigenvalue weighted by atomic mass is 16.5. The van der Waals surface area contributed by atoms with Crippen molar-refractivity contribution in [2.45, 2.75) is 31.5 Å². The van der Waals surface area contributed by atoms with Crippen LogP contribution in [0, 0.1) is 0 Å². The summed E-state index contributed by atoms with van der Waals surface area (Å²) >= 11 is 0. The number of anilines is 5. The van der Waals surface area contributed by atoms with Gasteiger partial charge >= 0.3 is 6.03 Å². The van der Waals surface area contributed by atoms with Gasteiger partial charge in [-0.3, -0.25) is 0 Å². The van der Waals surface area contributed by atoms with Crippen LogP contribution in [0.25, 0.3) is 11.4 Å². The van der Waals surface area contributed by atoms with E-state index in [4.69, 9.17) is 24.4 Å². The molecule has 0 saturated carbocycles. The van der Waals surface area contributed by atoms with E-state index in [1.807, 2.05) is 36.4 Å². The molecule has 5 heterocycles. The molecule has 3 atom stereocenters. The lowest BCUT2D eigenvalue weighted by atomic mass is 10.2. The molecule has 0 spiro atoms. The summed E-state index contributed by atoms with van der Waals surface area (Å²) in [6.07, 6.45) is 1.25. The number of nitrogens with one attached hydrogen (secondary N) is 2. The van der Waals surface area contributed by atoms with Crippen molar-refractivity contribution < 1.29 is 14.3 Å². The third kappa shape index (κ3) is 6.08. The molecule has 0 aliphatic carbocycles. The van der Waals surface area contributed by atoms with Gasteiger partial charge in [-0.15, -0.1) is 0 Å². The molecule has 4 aliphatic heterocycles. The summed E-state index contributed by atoms with van der Waals surface area (Å²) in [5.41, 5.74) is 3.46. The summed E-state index contributed by atoms with van der Waals surface area (Å²) in [5, 5.41) is 5.86. The number of morpholine rings is 2. The number of carbonyl (C=O) groups excluding carboxylic acids is 1. The highest BCUT2D eigenvalue weighted by Crippen LogP contribution is 2.33. The highest BCUT2D eigenvalue weighted by molar-refractivity contribution is 5.99. The van der Waals surface area contributed by atoms with Gasteiger partial charge in [-0.2, -0.15) is 15.0 Å². The summed E-state index contributed by atoms with van der Waals surface area (Å²) in [6.45, 7) is 9.77. The summed E-state index contributed by atoms with van der Waals surface area (Å²) in [4.78, 5) is 36.6. The number of likely N-dealkylation sites (N-methyl/N-ethyl adjacent to an activating group) is 1. The fraction of sp³-hybridized carbons (Fsp3) is 0.484. The molecule has 3 aromatic rings. The van der Waals surface area contributed by atoms with Crippen LogP contribution in [0.4, 0.5) is 33.8 Å². The fourth-order valence-corrected chi connectivity index (χ4v) is 6.23. The van der Waals surface area contributed by atoms with Crippen LogP contribution in [0.15, 0.2) is 48.5 Å². The SMILES string of the molecule is CC1COCCN1c1nc(-c2ccc(NC(=O)Nc3ccc(N4CCN(C)CC4)cc3)cc2)nc(N2CC3CC2CO3)n1. The van der Waals surface area contributed by atoms with E-state index in [1.165, 1.54) is 5.69 Å². The van der Waals surface area contributed by atoms with E-state index >= 15 is 0 Å². The topological polar surface area (TPSA) is 111 Å². The van der Waals surface area contributed by atoms with Gasteiger partial charge in [-0.1, -0.05) is 0 Å². The lowest BCUT2D eigenvalue weighted by Gasteiger charge is -2.34. The van der Waals surface area contributed by atoms with E-state index in [9.17, 15) is 4.79 Å². The smallest absolute Gasteiger partial charge is 0.323 e. The van der Waals surface area contributed by atoms with Gasteiger partial charge in [-0.05, 0) is 68.9 Å².